The fourth-order valence-corrected chi connectivity index (χ4v) is 4.09. The molecule has 1 aromatic heterocycles. The van der Waals surface area contributed by atoms with Crippen molar-refractivity contribution in [2.45, 2.75) is 32.2 Å². The maximum atomic E-state index is 12.8. The van der Waals surface area contributed by atoms with Gasteiger partial charge in [0.15, 0.2) is 0 Å². The average Bonchev–Trinajstić information content (AvgIpc) is 3.18. The van der Waals surface area contributed by atoms with Crippen LogP contribution in [0.25, 0.3) is 10.9 Å². The summed E-state index contributed by atoms with van der Waals surface area (Å²) in [5, 5.41) is 4.14. The van der Waals surface area contributed by atoms with Gasteiger partial charge in [-0.25, -0.2) is 0 Å². The van der Waals surface area contributed by atoms with Gasteiger partial charge in [0, 0.05) is 30.4 Å². The second-order valence-corrected chi connectivity index (χ2v) is 7.91. The van der Waals surface area contributed by atoms with E-state index in [1.807, 2.05) is 72.5 Å². The molecule has 5 heteroatoms. The third-order valence-corrected chi connectivity index (χ3v) is 5.81. The summed E-state index contributed by atoms with van der Waals surface area (Å²) in [4.78, 5) is 30.4. The molecule has 0 saturated carbocycles. The van der Waals surface area contributed by atoms with Crippen LogP contribution in [-0.2, 0) is 4.79 Å². The van der Waals surface area contributed by atoms with Crippen LogP contribution in [0.2, 0.25) is 0 Å². The van der Waals surface area contributed by atoms with E-state index in [2.05, 4.69) is 10.3 Å². The highest BCUT2D eigenvalue weighted by Gasteiger charge is 2.26. The Labute approximate surface area is 171 Å². The minimum Gasteiger partial charge on any atom is -0.351 e. The predicted octanol–water partition coefficient (Wildman–Crippen LogP) is 4.29. The molecule has 2 N–H and O–H groups in total. The Kier molecular flexibility index (Phi) is 5.65. The number of rotatable bonds is 5. The normalized spacial score (nSPS) is 16.0. The van der Waals surface area contributed by atoms with Crippen LogP contribution in [0, 0.1) is 5.92 Å². The molecule has 1 saturated heterocycles. The van der Waals surface area contributed by atoms with Gasteiger partial charge in [0.25, 0.3) is 5.91 Å². The van der Waals surface area contributed by atoms with Crippen molar-refractivity contribution >= 4 is 22.7 Å². The summed E-state index contributed by atoms with van der Waals surface area (Å²) in [5.74, 6) is 0.452. The van der Waals surface area contributed by atoms with Crippen molar-refractivity contribution in [3.63, 3.8) is 0 Å². The summed E-state index contributed by atoms with van der Waals surface area (Å²) in [6.07, 6.45) is 2.24. The van der Waals surface area contributed by atoms with Crippen LogP contribution in [0.15, 0.2) is 60.7 Å². The molecule has 2 heterocycles. The van der Waals surface area contributed by atoms with Crippen LogP contribution < -0.4 is 5.32 Å². The van der Waals surface area contributed by atoms with E-state index in [1.54, 1.807) is 0 Å². The Balaban J connectivity index is 1.27. The van der Waals surface area contributed by atoms with E-state index in [9.17, 15) is 9.59 Å². The second kappa shape index (κ2) is 8.52. The molecule has 0 radical (unpaired) electrons. The fourth-order valence-electron chi connectivity index (χ4n) is 4.09. The first-order valence-corrected chi connectivity index (χ1v) is 10.3. The number of carbonyl (C=O) groups is 2. The molecule has 5 nitrogen and oxygen atoms in total. The molecular weight excluding hydrogens is 362 g/mol. The van der Waals surface area contributed by atoms with Gasteiger partial charge >= 0.3 is 0 Å². The summed E-state index contributed by atoms with van der Waals surface area (Å²) in [6, 6.07) is 19.8. The number of para-hydroxylation sites is 1. The molecule has 0 bridgehead atoms. The number of benzene rings is 2. The molecule has 29 heavy (non-hydrogen) atoms. The second-order valence-electron chi connectivity index (χ2n) is 7.91. The van der Waals surface area contributed by atoms with Gasteiger partial charge in [-0.15, -0.1) is 0 Å². The number of carbonyl (C=O) groups excluding carboxylic acids is 2. The number of nitrogens with one attached hydrogen (secondary N) is 2. The fraction of sp³-hybridized carbons (Fsp3) is 0.333. The monoisotopic (exact) mass is 389 g/mol. The van der Waals surface area contributed by atoms with Crippen molar-refractivity contribution in [2.75, 3.05) is 13.1 Å². The number of aromatic nitrogens is 1. The average molecular weight is 389 g/mol. The molecule has 1 aliphatic rings. The van der Waals surface area contributed by atoms with E-state index < -0.39 is 0 Å². The number of likely N-dealkylation sites (tertiary alicyclic amines) is 1. The first-order valence-electron chi connectivity index (χ1n) is 10.3. The zero-order valence-corrected chi connectivity index (χ0v) is 16.7. The predicted molar refractivity (Wildman–Crippen MR) is 115 cm³/mol. The summed E-state index contributed by atoms with van der Waals surface area (Å²) >= 11 is 0. The molecule has 0 spiro atoms. The Morgan fingerprint density at radius 3 is 2.48 bits per heavy atom. The first kappa shape index (κ1) is 19.2. The molecule has 3 aromatic rings. The third-order valence-electron chi connectivity index (χ3n) is 5.81. The SMILES string of the molecule is C[C@H](NC(=O)CC1CCN(C(=O)c2cc3ccccc3[nH]2)CC1)c1ccccc1. The minimum atomic E-state index is 0.00683. The Morgan fingerprint density at radius 1 is 1.07 bits per heavy atom. The van der Waals surface area contributed by atoms with Crippen LogP contribution in [0.1, 0.15) is 48.3 Å². The third kappa shape index (κ3) is 4.50. The smallest absolute Gasteiger partial charge is 0.270 e. The molecule has 1 atom stereocenters. The van der Waals surface area contributed by atoms with Gasteiger partial charge in [-0.1, -0.05) is 48.5 Å². The largest absolute Gasteiger partial charge is 0.351 e. The van der Waals surface area contributed by atoms with E-state index >= 15 is 0 Å². The van der Waals surface area contributed by atoms with Crippen LogP contribution in [-0.4, -0.2) is 34.8 Å². The van der Waals surface area contributed by atoms with Crippen LogP contribution in [0.4, 0.5) is 0 Å². The Morgan fingerprint density at radius 2 is 1.76 bits per heavy atom. The highest BCUT2D eigenvalue weighted by molar-refractivity contribution is 5.98. The van der Waals surface area contributed by atoms with Gasteiger partial charge < -0.3 is 15.2 Å². The zero-order chi connectivity index (χ0) is 20.2. The van der Waals surface area contributed by atoms with E-state index in [-0.39, 0.29) is 17.9 Å². The van der Waals surface area contributed by atoms with E-state index in [0.29, 0.717) is 31.1 Å². The topological polar surface area (TPSA) is 65.2 Å². The quantitative estimate of drug-likeness (QED) is 0.684. The molecule has 0 unspecified atom stereocenters. The summed E-state index contributed by atoms with van der Waals surface area (Å²) in [6.45, 7) is 3.40. The Hall–Kier alpha value is -3.08. The lowest BCUT2D eigenvalue weighted by molar-refractivity contribution is -0.122. The molecule has 1 aliphatic heterocycles. The van der Waals surface area contributed by atoms with Gasteiger partial charge in [-0.2, -0.15) is 0 Å². The zero-order valence-electron chi connectivity index (χ0n) is 16.7. The van der Waals surface area contributed by atoms with Gasteiger partial charge in [0.1, 0.15) is 5.69 Å². The molecule has 2 amide bonds. The number of hydrogen-bond acceptors (Lipinski definition) is 2. The highest BCUT2D eigenvalue weighted by Crippen LogP contribution is 2.23. The van der Waals surface area contributed by atoms with Gasteiger partial charge in [0.2, 0.25) is 5.91 Å². The Bertz CT molecular complexity index is 955. The summed E-state index contributed by atoms with van der Waals surface area (Å²) in [7, 11) is 0. The van der Waals surface area contributed by atoms with E-state index in [0.717, 1.165) is 29.3 Å². The van der Waals surface area contributed by atoms with Gasteiger partial charge in [0.05, 0.1) is 6.04 Å². The first-order chi connectivity index (χ1) is 14.1. The van der Waals surface area contributed by atoms with Crippen molar-refractivity contribution in [1.29, 1.82) is 0 Å². The molecule has 4 rings (SSSR count). The number of piperidine rings is 1. The molecular formula is C24H27N3O2. The number of nitrogens with zero attached hydrogens (tertiary/aromatic N) is 1. The van der Waals surface area contributed by atoms with Gasteiger partial charge in [-0.3, -0.25) is 9.59 Å². The van der Waals surface area contributed by atoms with Crippen molar-refractivity contribution in [3.05, 3.63) is 71.9 Å². The maximum absolute atomic E-state index is 12.8. The summed E-state index contributed by atoms with van der Waals surface area (Å²) < 4.78 is 0. The van der Waals surface area contributed by atoms with E-state index in [1.165, 1.54) is 0 Å². The molecule has 2 aromatic carbocycles. The minimum absolute atomic E-state index is 0.00683. The van der Waals surface area contributed by atoms with Crippen molar-refractivity contribution in [2.24, 2.45) is 5.92 Å². The molecule has 1 fully saturated rings. The van der Waals surface area contributed by atoms with Crippen LogP contribution in [0.3, 0.4) is 0 Å². The van der Waals surface area contributed by atoms with Crippen molar-refractivity contribution in [3.8, 4) is 0 Å². The van der Waals surface area contributed by atoms with E-state index in [4.69, 9.17) is 0 Å². The molecule has 0 aliphatic carbocycles. The lowest BCUT2D eigenvalue weighted by Gasteiger charge is -2.31. The maximum Gasteiger partial charge on any atom is 0.270 e. The number of H-pyrrole nitrogens is 1. The number of amides is 2. The van der Waals surface area contributed by atoms with Crippen molar-refractivity contribution in [1.82, 2.24) is 15.2 Å². The van der Waals surface area contributed by atoms with Crippen molar-refractivity contribution < 1.29 is 9.59 Å². The number of hydrogen-bond donors (Lipinski definition) is 2. The lowest BCUT2D eigenvalue weighted by Crippen LogP contribution is -2.40. The highest BCUT2D eigenvalue weighted by atomic mass is 16.2. The summed E-state index contributed by atoms with van der Waals surface area (Å²) in [5.41, 5.74) is 2.73. The molecule has 150 valence electrons. The lowest BCUT2D eigenvalue weighted by atomic mass is 9.92. The number of aromatic amines is 1. The van der Waals surface area contributed by atoms with Gasteiger partial charge in [-0.05, 0) is 43.4 Å². The standard InChI is InChI=1S/C24H27N3O2/c1-17(19-7-3-2-4-8-19)25-23(28)15-18-11-13-27(14-12-18)24(29)22-16-20-9-5-6-10-21(20)26-22/h2-10,16-18,26H,11-15H2,1H3,(H,25,28)/t17-/m0/s1. The van der Waals surface area contributed by atoms with Crippen LogP contribution in [0.5, 0.6) is 0 Å². The number of fused-ring (bicyclic) bond motifs is 1. The van der Waals surface area contributed by atoms with Crippen LogP contribution >= 0.6 is 0 Å².